The van der Waals surface area contributed by atoms with Gasteiger partial charge in [-0.25, -0.2) is 0 Å². The smallest absolute Gasteiger partial charge is 0.255 e. The summed E-state index contributed by atoms with van der Waals surface area (Å²) in [7, 11) is 4.17. The first-order valence-corrected chi connectivity index (χ1v) is 8.87. The molecule has 2 aromatic heterocycles. The predicted molar refractivity (Wildman–Crippen MR) is 99.0 cm³/mol. The molecule has 2 aromatic rings. The maximum Gasteiger partial charge on any atom is 0.255 e. The van der Waals surface area contributed by atoms with E-state index in [4.69, 9.17) is 0 Å². The van der Waals surface area contributed by atoms with Crippen LogP contribution in [0.5, 0.6) is 0 Å². The van der Waals surface area contributed by atoms with Gasteiger partial charge in [0.15, 0.2) is 0 Å². The van der Waals surface area contributed by atoms with Gasteiger partial charge < -0.3 is 19.1 Å². The SMILES string of the molecule is CCN(CC)c1ccc2ccc(C(=O)N3CCC(N(C)C)C3)cn12. The second kappa shape index (κ2) is 6.85. The summed E-state index contributed by atoms with van der Waals surface area (Å²) < 4.78 is 2.14. The van der Waals surface area contributed by atoms with E-state index in [1.807, 2.05) is 23.2 Å². The van der Waals surface area contributed by atoms with Crippen LogP contribution in [0, 0.1) is 0 Å². The topological polar surface area (TPSA) is 31.2 Å². The lowest BCUT2D eigenvalue weighted by atomic mass is 10.2. The van der Waals surface area contributed by atoms with Crippen molar-refractivity contribution in [2.24, 2.45) is 0 Å². The van der Waals surface area contributed by atoms with E-state index >= 15 is 0 Å². The second-order valence-corrected chi connectivity index (χ2v) is 6.73. The summed E-state index contributed by atoms with van der Waals surface area (Å²) in [6, 6.07) is 8.70. The van der Waals surface area contributed by atoms with Gasteiger partial charge in [-0.15, -0.1) is 0 Å². The maximum absolute atomic E-state index is 12.9. The Balaban J connectivity index is 1.87. The number of amides is 1. The number of aromatic nitrogens is 1. The Morgan fingerprint density at radius 1 is 1.17 bits per heavy atom. The maximum atomic E-state index is 12.9. The lowest BCUT2D eigenvalue weighted by Crippen LogP contribution is -2.34. The van der Waals surface area contributed by atoms with Crippen LogP contribution in [-0.4, -0.2) is 66.4 Å². The standard InChI is InChI=1S/C19H28N4O/c1-5-21(6-2)18-10-9-16-8-7-15(13-23(16)18)19(24)22-12-11-17(14-22)20(3)4/h7-10,13,17H,5-6,11-12,14H2,1-4H3. The molecule has 0 aliphatic carbocycles. The number of carbonyl (C=O) groups excluding carboxylic acids is 1. The van der Waals surface area contributed by atoms with Crippen LogP contribution in [0.15, 0.2) is 30.5 Å². The number of hydrogen-bond acceptors (Lipinski definition) is 3. The molecule has 24 heavy (non-hydrogen) atoms. The van der Waals surface area contributed by atoms with Gasteiger partial charge in [0.25, 0.3) is 5.91 Å². The molecule has 1 amide bonds. The lowest BCUT2D eigenvalue weighted by molar-refractivity contribution is 0.0782. The summed E-state index contributed by atoms with van der Waals surface area (Å²) in [5.41, 5.74) is 1.90. The van der Waals surface area contributed by atoms with Crippen LogP contribution >= 0.6 is 0 Å². The first-order chi connectivity index (χ1) is 11.5. The number of carbonyl (C=O) groups is 1. The second-order valence-electron chi connectivity index (χ2n) is 6.73. The molecule has 3 heterocycles. The summed E-state index contributed by atoms with van der Waals surface area (Å²) >= 11 is 0. The molecule has 0 saturated carbocycles. The van der Waals surface area contributed by atoms with Gasteiger partial charge in [0.05, 0.1) is 5.56 Å². The molecule has 1 aliphatic rings. The highest BCUT2D eigenvalue weighted by molar-refractivity contribution is 5.94. The van der Waals surface area contributed by atoms with Gasteiger partial charge in [-0.05, 0) is 58.6 Å². The van der Waals surface area contributed by atoms with Gasteiger partial charge in [-0.2, -0.15) is 0 Å². The fourth-order valence-corrected chi connectivity index (χ4v) is 3.55. The van der Waals surface area contributed by atoms with Gasteiger partial charge in [0, 0.05) is 43.9 Å². The predicted octanol–water partition coefficient (Wildman–Crippen LogP) is 2.56. The van der Waals surface area contributed by atoms with Crippen molar-refractivity contribution < 1.29 is 4.79 Å². The van der Waals surface area contributed by atoms with Crippen LogP contribution in [0.1, 0.15) is 30.6 Å². The summed E-state index contributed by atoms with van der Waals surface area (Å²) in [5, 5.41) is 0. The molecule has 1 atom stereocenters. The van der Waals surface area contributed by atoms with Crippen LogP contribution in [0.25, 0.3) is 5.52 Å². The Hall–Kier alpha value is -2.01. The normalized spacial score (nSPS) is 17.9. The highest BCUT2D eigenvalue weighted by atomic mass is 16.2. The van der Waals surface area contributed by atoms with Crippen molar-refractivity contribution in [1.29, 1.82) is 0 Å². The van der Waals surface area contributed by atoms with Crippen molar-refractivity contribution in [2.75, 3.05) is 45.2 Å². The minimum atomic E-state index is 0.139. The first kappa shape index (κ1) is 16.8. The summed E-state index contributed by atoms with van der Waals surface area (Å²) in [5.74, 6) is 1.29. The molecule has 0 radical (unpaired) electrons. The number of likely N-dealkylation sites (tertiary alicyclic amines) is 1. The van der Waals surface area contributed by atoms with Crippen LogP contribution in [0.4, 0.5) is 5.82 Å². The zero-order valence-electron chi connectivity index (χ0n) is 15.2. The van der Waals surface area contributed by atoms with Crippen molar-refractivity contribution >= 4 is 17.2 Å². The van der Waals surface area contributed by atoms with E-state index in [0.717, 1.165) is 49.5 Å². The molecule has 5 heteroatoms. The number of anilines is 1. The Morgan fingerprint density at radius 2 is 1.88 bits per heavy atom. The summed E-state index contributed by atoms with van der Waals surface area (Å²) in [6.45, 7) is 7.88. The number of likely N-dealkylation sites (N-methyl/N-ethyl adjacent to an activating group) is 1. The molecular weight excluding hydrogens is 300 g/mol. The average Bonchev–Trinajstić information content (AvgIpc) is 3.22. The van der Waals surface area contributed by atoms with Crippen LogP contribution in [0.3, 0.4) is 0 Å². The monoisotopic (exact) mass is 328 g/mol. The van der Waals surface area contributed by atoms with Crippen molar-refractivity contribution in [2.45, 2.75) is 26.3 Å². The summed E-state index contributed by atoms with van der Waals surface area (Å²) in [4.78, 5) is 19.4. The van der Waals surface area contributed by atoms with Crippen molar-refractivity contribution in [3.63, 3.8) is 0 Å². The first-order valence-electron chi connectivity index (χ1n) is 8.87. The Morgan fingerprint density at radius 3 is 2.50 bits per heavy atom. The van der Waals surface area contributed by atoms with Gasteiger partial charge in [0.2, 0.25) is 0 Å². The Bertz CT molecular complexity index is 717. The molecule has 1 saturated heterocycles. The molecule has 3 rings (SSSR count). The number of hydrogen-bond donors (Lipinski definition) is 0. The molecule has 130 valence electrons. The molecule has 1 fully saturated rings. The van der Waals surface area contributed by atoms with E-state index in [0.29, 0.717) is 6.04 Å². The number of fused-ring (bicyclic) bond motifs is 1. The number of rotatable bonds is 5. The number of pyridine rings is 1. The zero-order chi connectivity index (χ0) is 17.3. The van der Waals surface area contributed by atoms with Gasteiger partial charge in [-0.1, -0.05) is 0 Å². The fraction of sp³-hybridized carbons (Fsp3) is 0.526. The van der Waals surface area contributed by atoms with E-state index < -0.39 is 0 Å². The molecule has 5 nitrogen and oxygen atoms in total. The third kappa shape index (κ3) is 3.00. The van der Waals surface area contributed by atoms with Gasteiger partial charge >= 0.3 is 0 Å². The lowest BCUT2D eigenvalue weighted by Gasteiger charge is -2.22. The van der Waals surface area contributed by atoms with E-state index in [1.165, 1.54) is 0 Å². The van der Waals surface area contributed by atoms with E-state index in [-0.39, 0.29) is 5.91 Å². The molecular formula is C19H28N4O. The van der Waals surface area contributed by atoms with Gasteiger partial charge in [-0.3, -0.25) is 4.79 Å². The summed E-state index contributed by atoms with van der Waals surface area (Å²) in [6.07, 6.45) is 3.05. The third-order valence-corrected chi connectivity index (χ3v) is 5.15. The quantitative estimate of drug-likeness (QED) is 0.845. The van der Waals surface area contributed by atoms with E-state index in [9.17, 15) is 4.79 Å². The highest BCUT2D eigenvalue weighted by Gasteiger charge is 2.28. The largest absolute Gasteiger partial charge is 0.358 e. The minimum Gasteiger partial charge on any atom is -0.358 e. The molecule has 1 unspecified atom stereocenters. The number of nitrogens with zero attached hydrogens (tertiary/aromatic N) is 4. The minimum absolute atomic E-state index is 0.139. The Kier molecular flexibility index (Phi) is 4.81. The van der Waals surface area contributed by atoms with E-state index in [1.54, 1.807) is 0 Å². The van der Waals surface area contributed by atoms with Gasteiger partial charge in [0.1, 0.15) is 5.82 Å². The fourth-order valence-electron chi connectivity index (χ4n) is 3.55. The van der Waals surface area contributed by atoms with Crippen molar-refractivity contribution in [3.05, 3.63) is 36.0 Å². The average molecular weight is 328 g/mol. The zero-order valence-corrected chi connectivity index (χ0v) is 15.2. The highest BCUT2D eigenvalue weighted by Crippen LogP contribution is 2.22. The van der Waals surface area contributed by atoms with Crippen LogP contribution in [0.2, 0.25) is 0 Å². The molecule has 1 aliphatic heterocycles. The molecule has 0 bridgehead atoms. The van der Waals surface area contributed by atoms with Crippen LogP contribution < -0.4 is 4.90 Å². The van der Waals surface area contributed by atoms with Crippen LogP contribution in [-0.2, 0) is 0 Å². The molecule has 0 N–H and O–H groups in total. The van der Waals surface area contributed by atoms with E-state index in [2.05, 4.69) is 54.3 Å². The Labute approximate surface area is 144 Å². The third-order valence-electron chi connectivity index (χ3n) is 5.15. The molecule has 0 aromatic carbocycles. The van der Waals surface area contributed by atoms with Crippen molar-refractivity contribution in [3.8, 4) is 0 Å². The van der Waals surface area contributed by atoms with Crippen molar-refractivity contribution in [1.82, 2.24) is 14.2 Å². The molecule has 0 spiro atoms.